The summed E-state index contributed by atoms with van der Waals surface area (Å²) in [6.45, 7) is 14.1. The second-order valence-electron chi connectivity index (χ2n) is 17.2. The summed E-state index contributed by atoms with van der Waals surface area (Å²) in [5.74, 6) is -0.921. The van der Waals surface area contributed by atoms with Gasteiger partial charge in [-0.2, -0.15) is 0 Å². The smallest absolute Gasteiger partial charge is 0.405 e. The minimum atomic E-state index is -1.33. The number of hydrogen-bond acceptors (Lipinski definition) is 8. The Kier molecular flexibility index (Phi) is 14.3. The molecule has 0 spiro atoms. The summed E-state index contributed by atoms with van der Waals surface area (Å²) in [6.07, 6.45) is -0.153. The summed E-state index contributed by atoms with van der Waals surface area (Å²) >= 11 is 1.52. The number of hydrogen-bond donors (Lipinski definition) is 5. The van der Waals surface area contributed by atoms with Crippen molar-refractivity contribution in [3.8, 4) is 11.3 Å². The van der Waals surface area contributed by atoms with Gasteiger partial charge in [0.1, 0.15) is 12.1 Å². The minimum absolute atomic E-state index is 0.0269. The topological polar surface area (TPSA) is 177 Å². The number of nitrogens with zero attached hydrogens (tertiary/aromatic N) is 4. The second-order valence-corrected chi connectivity index (χ2v) is 18.3. The van der Waals surface area contributed by atoms with Crippen molar-refractivity contribution >= 4 is 35.3 Å². The molecule has 2 aromatic carbocycles. The van der Waals surface area contributed by atoms with Gasteiger partial charge >= 0.3 is 12.1 Å². The number of nitrogens with one attached hydrogen (secondary N) is 3. The lowest BCUT2D eigenvalue weighted by Crippen LogP contribution is -2.59. The largest absolute Gasteiger partial charge is 0.465 e. The zero-order valence-electron chi connectivity index (χ0n) is 34.4. The Balaban J connectivity index is 1.41. The van der Waals surface area contributed by atoms with Gasteiger partial charge in [-0.3, -0.25) is 14.6 Å². The number of rotatable bonds is 16. The number of carbonyl (C=O) groups excluding carboxylic acids is 3. The number of benzene rings is 2. The normalized spacial score (nSPS) is 16.0. The fourth-order valence-corrected chi connectivity index (χ4v) is 8.05. The molecule has 5 amide bonds. The summed E-state index contributed by atoms with van der Waals surface area (Å²) in [7, 11) is 0. The molecule has 310 valence electrons. The van der Waals surface area contributed by atoms with E-state index < -0.39 is 59.0 Å². The molecule has 2 aromatic heterocycles. The molecule has 0 aliphatic carbocycles. The number of carboxylic acid groups (broad SMARTS) is 1. The van der Waals surface area contributed by atoms with Crippen LogP contribution in [0.25, 0.3) is 11.3 Å². The highest BCUT2D eigenvalue weighted by Crippen LogP contribution is 2.30. The summed E-state index contributed by atoms with van der Waals surface area (Å²) < 4.78 is 0. The number of carbonyl (C=O) groups is 4. The summed E-state index contributed by atoms with van der Waals surface area (Å²) in [5, 5.41) is 33.1. The van der Waals surface area contributed by atoms with E-state index in [0.29, 0.717) is 26.1 Å². The zero-order chi connectivity index (χ0) is 42.2. The van der Waals surface area contributed by atoms with Crippen LogP contribution in [0.15, 0.2) is 84.4 Å². The van der Waals surface area contributed by atoms with Crippen LogP contribution in [0.2, 0.25) is 0 Å². The quantitative estimate of drug-likeness (QED) is 0.0908. The maximum absolute atomic E-state index is 14.5. The predicted octanol–water partition coefficient (Wildman–Crippen LogP) is 6.05. The van der Waals surface area contributed by atoms with Gasteiger partial charge < -0.3 is 36.0 Å². The van der Waals surface area contributed by atoms with Crippen molar-refractivity contribution in [2.45, 2.75) is 105 Å². The number of aliphatic hydroxyl groups is 1. The lowest BCUT2D eigenvalue weighted by atomic mass is 9.84. The fourth-order valence-electron chi connectivity index (χ4n) is 7.44. The molecule has 4 aromatic rings. The molecule has 5 N–H and O–H groups in total. The third-order valence-electron chi connectivity index (χ3n) is 10.3. The predicted molar refractivity (Wildman–Crippen MR) is 225 cm³/mol. The molecule has 0 bridgehead atoms. The highest BCUT2D eigenvalue weighted by molar-refractivity contribution is 7.09. The number of amides is 5. The van der Waals surface area contributed by atoms with Gasteiger partial charge in [0, 0.05) is 36.3 Å². The lowest BCUT2D eigenvalue weighted by molar-refractivity contribution is -0.131. The third kappa shape index (κ3) is 11.9. The summed E-state index contributed by atoms with van der Waals surface area (Å²) in [6, 6.07) is 19.3. The molecular weight excluding hydrogens is 755 g/mol. The van der Waals surface area contributed by atoms with Crippen LogP contribution in [-0.2, 0) is 29.0 Å². The molecule has 1 aliphatic rings. The summed E-state index contributed by atoms with van der Waals surface area (Å²) in [4.78, 5) is 66.3. The Bertz CT molecular complexity index is 2000. The first-order chi connectivity index (χ1) is 27.4. The molecule has 5 rings (SSSR count). The van der Waals surface area contributed by atoms with Gasteiger partial charge in [0.05, 0.1) is 35.1 Å². The highest BCUT2D eigenvalue weighted by Gasteiger charge is 2.44. The average molecular weight is 812 g/mol. The van der Waals surface area contributed by atoms with E-state index in [9.17, 15) is 29.4 Å². The first kappa shape index (κ1) is 43.8. The number of aromatic nitrogens is 2. The Morgan fingerprint density at radius 1 is 0.828 bits per heavy atom. The monoisotopic (exact) mass is 811 g/mol. The fraction of sp³-hybridized carbons (Fsp3) is 0.455. The molecule has 1 saturated heterocycles. The van der Waals surface area contributed by atoms with Crippen molar-refractivity contribution in [1.82, 2.24) is 35.7 Å². The van der Waals surface area contributed by atoms with Crippen molar-refractivity contribution in [3.63, 3.8) is 0 Å². The molecular formula is C44H57N7O6S. The van der Waals surface area contributed by atoms with Gasteiger partial charge in [-0.15, -0.1) is 11.3 Å². The molecule has 58 heavy (non-hydrogen) atoms. The average Bonchev–Trinajstić information content (AvgIpc) is 3.73. The van der Waals surface area contributed by atoms with E-state index in [0.717, 1.165) is 33.1 Å². The lowest BCUT2D eigenvalue weighted by Gasteiger charge is -2.38. The Hall–Kier alpha value is -5.34. The van der Waals surface area contributed by atoms with E-state index in [4.69, 9.17) is 0 Å². The van der Waals surface area contributed by atoms with E-state index >= 15 is 0 Å². The maximum atomic E-state index is 14.5. The van der Waals surface area contributed by atoms with Crippen molar-refractivity contribution < 1.29 is 29.4 Å². The maximum Gasteiger partial charge on any atom is 0.405 e. The Morgan fingerprint density at radius 2 is 1.50 bits per heavy atom. The van der Waals surface area contributed by atoms with Crippen molar-refractivity contribution in [3.05, 3.63) is 106 Å². The third-order valence-corrected chi connectivity index (χ3v) is 11.1. The standard InChI is InChI=1S/C44H57N7O6S/c1-28-46-33(27-58-28)26-50-21-22-51(42(50)57)38(44(5,6)7)40(54)48-35(24-29-13-9-8-10-14-29)36(52)25-32(47-39(53)37(43(2,3)4)49-41(55)56)23-30-16-18-31(19-17-30)34-15-11-12-20-45-34/h8-20,27,32,35-38,49,52H,21-26H2,1-7H3,(H,47,53)(H,48,54)(H,55,56). The zero-order valence-corrected chi connectivity index (χ0v) is 35.3. The van der Waals surface area contributed by atoms with Crippen LogP contribution >= 0.6 is 11.3 Å². The number of pyridine rings is 1. The number of urea groups is 1. The van der Waals surface area contributed by atoms with Crippen LogP contribution in [0.1, 0.15) is 69.8 Å². The van der Waals surface area contributed by atoms with E-state index in [1.54, 1.807) is 36.8 Å². The minimum Gasteiger partial charge on any atom is -0.465 e. The summed E-state index contributed by atoms with van der Waals surface area (Å²) in [5.41, 5.74) is 2.87. The molecule has 3 heterocycles. The van der Waals surface area contributed by atoms with Crippen LogP contribution in [0.5, 0.6) is 0 Å². The molecule has 5 unspecified atom stereocenters. The van der Waals surface area contributed by atoms with Crippen LogP contribution in [0.3, 0.4) is 0 Å². The Morgan fingerprint density at radius 3 is 2.09 bits per heavy atom. The number of thiazole rings is 1. The number of aliphatic hydroxyl groups excluding tert-OH is 1. The van der Waals surface area contributed by atoms with Gasteiger partial charge in [-0.25, -0.2) is 14.6 Å². The van der Waals surface area contributed by atoms with Crippen LogP contribution in [0.4, 0.5) is 9.59 Å². The number of aryl methyl sites for hydroxylation is 1. The van der Waals surface area contributed by atoms with Gasteiger partial charge in [-0.05, 0) is 60.3 Å². The first-order valence-electron chi connectivity index (χ1n) is 19.7. The molecule has 13 nitrogen and oxygen atoms in total. The molecule has 1 fully saturated rings. The van der Waals surface area contributed by atoms with Gasteiger partial charge in [-0.1, -0.05) is 102 Å². The van der Waals surface area contributed by atoms with Crippen molar-refractivity contribution in [2.24, 2.45) is 10.8 Å². The van der Waals surface area contributed by atoms with Gasteiger partial charge in [0.2, 0.25) is 11.8 Å². The molecule has 5 atom stereocenters. The molecule has 1 aliphatic heterocycles. The van der Waals surface area contributed by atoms with E-state index in [1.807, 2.05) is 106 Å². The first-order valence-corrected chi connectivity index (χ1v) is 20.6. The van der Waals surface area contributed by atoms with Crippen LogP contribution in [0, 0.1) is 17.8 Å². The molecule has 14 heteroatoms. The van der Waals surface area contributed by atoms with Crippen molar-refractivity contribution in [2.75, 3.05) is 13.1 Å². The van der Waals surface area contributed by atoms with E-state index in [2.05, 4.69) is 25.9 Å². The molecule has 0 radical (unpaired) electrons. The Labute approximate surface area is 345 Å². The van der Waals surface area contributed by atoms with Gasteiger partial charge in [0.25, 0.3) is 0 Å². The van der Waals surface area contributed by atoms with E-state index in [-0.39, 0.29) is 18.9 Å². The molecule has 0 saturated carbocycles. The van der Waals surface area contributed by atoms with Crippen LogP contribution in [-0.4, -0.2) is 97.3 Å². The van der Waals surface area contributed by atoms with E-state index in [1.165, 1.54) is 11.3 Å². The highest BCUT2D eigenvalue weighted by atomic mass is 32.1. The van der Waals surface area contributed by atoms with Crippen molar-refractivity contribution in [1.29, 1.82) is 0 Å². The van der Waals surface area contributed by atoms with Crippen LogP contribution < -0.4 is 16.0 Å². The van der Waals surface area contributed by atoms with Gasteiger partial charge in [0.15, 0.2) is 0 Å². The SMILES string of the molecule is Cc1nc(CN2CCN(C(C(=O)NC(Cc3ccccc3)C(O)CC(Cc3ccc(-c4ccccn4)cc3)NC(=O)C(NC(=O)O)C(C)(C)C)C(C)(C)C)C2=O)cs1. The second kappa shape index (κ2) is 18.9.